The van der Waals surface area contributed by atoms with Gasteiger partial charge in [0.1, 0.15) is 6.54 Å². The van der Waals surface area contributed by atoms with Crippen LogP contribution in [0.5, 0.6) is 0 Å². The molecule has 1 aromatic heterocycles. The molecule has 2 rings (SSSR count). The number of para-hydroxylation sites is 1. The highest BCUT2D eigenvalue weighted by Crippen LogP contribution is 2.09. The fourth-order valence-corrected chi connectivity index (χ4v) is 2.37. The van der Waals surface area contributed by atoms with Crippen LogP contribution in [0.3, 0.4) is 0 Å². The molecule has 0 atom stereocenters. The number of carbonyl (C=O) groups is 1. The van der Waals surface area contributed by atoms with Gasteiger partial charge in [-0.15, -0.1) is 24.0 Å². The molecule has 0 unspecified atom stereocenters. The van der Waals surface area contributed by atoms with Crippen molar-refractivity contribution in [2.45, 2.75) is 6.54 Å². The second-order valence-electron chi connectivity index (χ2n) is 6.33. The molecule has 1 heterocycles. The number of nitrogens with one attached hydrogen (secondary N) is 1. The number of hydrogen-bond donors (Lipinski definition) is 1. The van der Waals surface area contributed by atoms with Gasteiger partial charge in [0, 0.05) is 53.1 Å². The third kappa shape index (κ3) is 7.47. The zero-order valence-electron chi connectivity index (χ0n) is 16.8. The molecule has 0 bridgehead atoms. The fraction of sp³-hybridized carbons (Fsp3) is 0.421. The van der Waals surface area contributed by atoms with Crippen LogP contribution in [0, 0.1) is 0 Å². The number of amides is 1. The quantitative estimate of drug-likeness (QED) is 0.258. The molecule has 8 nitrogen and oxygen atoms in total. The molecule has 0 saturated heterocycles. The molecule has 9 heteroatoms. The molecule has 0 aliphatic carbocycles. The largest absolute Gasteiger partial charge is 0.383 e. The summed E-state index contributed by atoms with van der Waals surface area (Å²) in [7, 11) is 7.02. The van der Waals surface area contributed by atoms with Gasteiger partial charge in [0.05, 0.1) is 18.5 Å². The van der Waals surface area contributed by atoms with E-state index in [9.17, 15) is 4.79 Å². The van der Waals surface area contributed by atoms with Gasteiger partial charge in [-0.3, -0.25) is 4.79 Å². The lowest BCUT2D eigenvalue weighted by atomic mass is 10.3. The number of hydrogen-bond acceptors (Lipinski definition) is 4. The highest BCUT2D eigenvalue weighted by atomic mass is 127. The van der Waals surface area contributed by atoms with E-state index in [-0.39, 0.29) is 36.4 Å². The summed E-state index contributed by atoms with van der Waals surface area (Å²) >= 11 is 0. The van der Waals surface area contributed by atoms with E-state index < -0.39 is 0 Å². The van der Waals surface area contributed by atoms with E-state index in [4.69, 9.17) is 4.74 Å². The van der Waals surface area contributed by atoms with Crippen LogP contribution in [0.2, 0.25) is 0 Å². The summed E-state index contributed by atoms with van der Waals surface area (Å²) in [5.74, 6) is 0.598. The van der Waals surface area contributed by atoms with Crippen molar-refractivity contribution in [3.63, 3.8) is 0 Å². The summed E-state index contributed by atoms with van der Waals surface area (Å²) in [5.41, 5.74) is 2.05. The van der Waals surface area contributed by atoms with Crippen molar-refractivity contribution in [3.8, 4) is 5.69 Å². The topological polar surface area (TPSA) is 75.0 Å². The van der Waals surface area contributed by atoms with Gasteiger partial charge in [-0.25, -0.2) is 9.67 Å². The molecule has 0 aliphatic heterocycles. The summed E-state index contributed by atoms with van der Waals surface area (Å²) in [5, 5.41) is 7.65. The number of aromatic nitrogens is 2. The second kappa shape index (κ2) is 12.3. The van der Waals surface area contributed by atoms with E-state index in [1.165, 1.54) is 4.90 Å². The third-order valence-electron chi connectivity index (χ3n) is 3.89. The number of aliphatic imine (C=N–C) groups is 1. The van der Waals surface area contributed by atoms with Gasteiger partial charge in [-0.05, 0) is 12.1 Å². The van der Waals surface area contributed by atoms with E-state index in [0.29, 0.717) is 25.7 Å². The van der Waals surface area contributed by atoms with Crippen molar-refractivity contribution in [1.82, 2.24) is 24.9 Å². The zero-order chi connectivity index (χ0) is 19.6. The maximum absolute atomic E-state index is 11.9. The van der Waals surface area contributed by atoms with Crippen LogP contribution in [0.4, 0.5) is 0 Å². The first-order valence-electron chi connectivity index (χ1n) is 8.78. The Morgan fingerprint density at radius 3 is 2.61 bits per heavy atom. The maximum Gasteiger partial charge on any atom is 0.243 e. The normalized spacial score (nSPS) is 10.9. The van der Waals surface area contributed by atoms with Crippen LogP contribution >= 0.6 is 24.0 Å². The van der Waals surface area contributed by atoms with Gasteiger partial charge >= 0.3 is 0 Å². The molecule has 1 N–H and O–H groups in total. The van der Waals surface area contributed by atoms with Crippen LogP contribution in [-0.2, 0) is 16.1 Å². The minimum absolute atomic E-state index is 0. The molecule has 0 saturated carbocycles. The number of rotatable bonds is 8. The average Bonchev–Trinajstić information content (AvgIpc) is 3.13. The lowest BCUT2D eigenvalue weighted by molar-refractivity contribution is -0.127. The minimum atomic E-state index is -0.0497. The molecule has 1 amide bonds. The molecule has 0 radical (unpaired) electrons. The summed E-state index contributed by atoms with van der Waals surface area (Å²) in [6.45, 7) is 1.87. The van der Waals surface area contributed by atoms with E-state index in [1.54, 1.807) is 21.2 Å². The molecular formula is C19H29IN6O2. The number of methoxy groups -OCH3 is 1. The van der Waals surface area contributed by atoms with Crippen LogP contribution in [0.15, 0.2) is 47.7 Å². The molecule has 154 valence electrons. The van der Waals surface area contributed by atoms with Crippen molar-refractivity contribution in [1.29, 1.82) is 0 Å². The molecule has 1 aromatic carbocycles. The van der Waals surface area contributed by atoms with Crippen LogP contribution in [0.1, 0.15) is 5.56 Å². The Morgan fingerprint density at radius 1 is 1.25 bits per heavy atom. The van der Waals surface area contributed by atoms with Gasteiger partial charge in [-0.2, -0.15) is 5.10 Å². The molecular weight excluding hydrogens is 471 g/mol. The second-order valence-corrected chi connectivity index (χ2v) is 6.33. The van der Waals surface area contributed by atoms with Crippen LogP contribution < -0.4 is 5.32 Å². The Hall–Kier alpha value is -2.14. The zero-order valence-corrected chi connectivity index (χ0v) is 19.2. The highest BCUT2D eigenvalue weighted by molar-refractivity contribution is 14.0. The van der Waals surface area contributed by atoms with Crippen molar-refractivity contribution in [2.75, 3.05) is 47.9 Å². The van der Waals surface area contributed by atoms with E-state index in [1.807, 2.05) is 59.4 Å². The Balaban J connectivity index is 0.00000392. The van der Waals surface area contributed by atoms with Crippen molar-refractivity contribution < 1.29 is 9.53 Å². The molecule has 0 aliphatic rings. The van der Waals surface area contributed by atoms with E-state index in [0.717, 1.165) is 11.3 Å². The fourth-order valence-electron chi connectivity index (χ4n) is 2.37. The Morgan fingerprint density at radius 2 is 1.96 bits per heavy atom. The lowest BCUT2D eigenvalue weighted by Gasteiger charge is -2.22. The molecule has 2 aromatic rings. The van der Waals surface area contributed by atoms with Crippen molar-refractivity contribution in [3.05, 3.63) is 48.3 Å². The molecule has 0 fully saturated rings. The van der Waals surface area contributed by atoms with E-state index >= 15 is 0 Å². The van der Waals surface area contributed by atoms with Gasteiger partial charge in [0.15, 0.2) is 5.96 Å². The highest BCUT2D eigenvalue weighted by Gasteiger charge is 2.11. The van der Waals surface area contributed by atoms with Gasteiger partial charge in [0.25, 0.3) is 0 Å². The van der Waals surface area contributed by atoms with Crippen LogP contribution in [-0.4, -0.2) is 79.4 Å². The number of guanidine groups is 1. The first-order chi connectivity index (χ1) is 13.0. The number of halogens is 1. The smallest absolute Gasteiger partial charge is 0.243 e. The standard InChI is InChI=1S/C19H28N6O2.HI/c1-23(2)18(26)13-21-19(20-10-11-27-4)24(3)14-16-12-22-25(15-16)17-8-6-5-7-9-17;/h5-9,12,15H,10-11,13-14H2,1-4H3,(H,20,21);1H. The Kier molecular flexibility index (Phi) is 10.5. The number of benzene rings is 1. The lowest BCUT2D eigenvalue weighted by Crippen LogP contribution is -2.40. The Bertz CT molecular complexity index is 748. The third-order valence-corrected chi connectivity index (χ3v) is 3.89. The predicted octanol–water partition coefficient (Wildman–Crippen LogP) is 1.60. The monoisotopic (exact) mass is 500 g/mol. The summed E-state index contributed by atoms with van der Waals surface area (Å²) in [4.78, 5) is 19.8. The average molecular weight is 500 g/mol. The summed E-state index contributed by atoms with van der Waals surface area (Å²) in [6, 6.07) is 9.95. The number of likely N-dealkylation sites (N-methyl/N-ethyl adjacent to an activating group) is 1. The van der Waals surface area contributed by atoms with Gasteiger partial charge < -0.3 is 19.9 Å². The number of nitrogens with zero attached hydrogens (tertiary/aromatic N) is 5. The van der Waals surface area contributed by atoms with Crippen molar-refractivity contribution >= 4 is 35.8 Å². The van der Waals surface area contributed by atoms with Crippen molar-refractivity contribution in [2.24, 2.45) is 4.99 Å². The Labute approximate surface area is 183 Å². The van der Waals surface area contributed by atoms with Crippen LogP contribution in [0.25, 0.3) is 5.69 Å². The summed E-state index contributed by atoms with van der Waals surface area (Å²) < 4.78 is 6.92. The molecule has 28 heavy (non-hydrogen) atoms. The SMILES string of the molecule is COCCNC(=NCC(=O)N(C)C)N(C)Cc1cnn(-c2ccccc2)c1.I. The van der Waals surface area contributed by atoms with E-state index in [2.05, 4.69) is 15.4 Å². The first-order valence-corrected chi connectivity index (χ1v) is 8.78. The predicted molar refractivity (Wildman–Crippen MR) is 121 cm³/mol. The number of ether oxygens (including phenoxy) is 1. The minimum Gasteiger partial charge on any atom is -0.383 e. The number of carbonyl (C=O) groups excluding carboxylic acids is 1. The summed E-state index contributed by atoms with van der Waals surface area (Å²) in [6.07, 6.45) is 3.82. The van der Waals surface area contributed by atoms with Gasteiger partial charge in [-0.1, -0.05) is 18.2 Å². The maximum atomic E-state index is 11.9. The van der Waals surface area contributed by atoms with Gasteiger partial charge in [0.2, 0.25) is 5.91 Å². The first kappa shape index (κ1) is 23.9. The molecule has 0 spiro atoms.